The summed E-state index contributed by atoms with van der Waals surface area (Å²) in [4.78, 5) is 0. The minimum Gasteiger partial charge on any atom is -0.371 e. The van der Waals surface area contributed by atoms with Gasteiger partial charge in [-0.15, -0.1) is 0 Å². The quantitative estimate of drug-likeness (QED) is 0.626. The van der Waals surface area contributed by atoms with E-state index in [-0.39, 0.29) is 25.0 Å². The molecule has 2 nitrogen and oxygen atoms in total. The lowest BCUT2D eigenvalue weighted by Gasteiger charge is -2.15. The van der Waals surface area contributed by atoms with Gasteiger partial charge in [0.15, 0.2) is 0 Å². The highest BCUT2D eigenvalue weighted by Gasteiger charge is 2.27. The van der Waals surface area contributed by atoms with Crippen LogP contribution in [0.2, 0.25) is 0 Å². The Balaban J connectivity index is 2.33. The molecular weight excluding hydrogens is 330 g/mol. The molecule has 108 valence electrons. The summed E-state index contributed by atoms with van der Waals surface area (Å²) in [6, 6.07) is 4.36. The molecule has 1 atom stereocenters. The predicted molar refractivity (Wildman–Crippen MR) is 67.4 cm³/mol. The molecule has 1 unspecified atom stereocenters. The highest BCUT2D eigenvalue weighted by molar-refractivity contribution is 9.10. The summed E-state index contributed by atoms with van der Waals surface area (Å²) < 4.78 is 54.1. The van der Waals surface area contributed by atoms with E-state index in [0.717, 1.165) is 0 Å². The van der Waals surface area contributed by atoms with E-state index >= 15 is 0 Å². The maximum atomic E-state index is 13.6. The molecule has 0 aliphatic carbocycles. The molecule has 1 aromatic carbocycles. The van der Waals surface area contributed by atoms with Crippen LogP contribution in [0.25, 0.3) is 0 Å². The first kappa shape index (κ1) is 16.4. The van der Waals surface area contributed by atoms with Crippen molar-refractivity contribution in [2.75, 3.05) is 19.8 Å². The van der Waals surface area contributed by atoms with Crippen LogP contribution in [0, 0.1) is 5.82 Å². The van der Waals surface area contributed by atoms with Gasteiger partial charge in [0.25, 0.3) is 0 Å². The number of ether oxygens (including phenoxy) is 1. The van der Waals surface area contributed by atoms with Crippen molar-refractivity contribution in [2.45, 2.75) is 19.1 Å². The van der Waals surface area contributed by atoms with Gasteiger partial charge in [0.2, 0.25) is 0 Å². The van der Waals surface area contributed by atoms with Crippen LogP contribution in [-0.4, -0.2) is 25.9 Å². The predicted octanol–water partition coefficient (Wildman–Crippen LogP) is 3.82. The first-order valence-corrected chi connectivity index (χ1v) is 6.42. The molecule has 1 aromatic rings. The van der Waals surface area contributed by atoms with Crippen LogP contribution in [0.1, 0.15) is 18.5 Å². The average molecular weight is 344 g/mol. The van der Waals surface area contributed by atoms with E-state index in [1.807, 2.05) is 0 Å². The van der Waals surface area contributed by atoms with Crippen molar-refractivity contribution in [3.63, 3.8) is 0 Å². The van der Waals surface area contributed by atoms with Crippen molar-refractivity contribution >= 4 is 15.9 Å². The zero-order chi connectivity index (χ0) is 14.5. The second kappa shape index (κ2) is 7.21. The number of alkyl halides is 3. The lowest BCUT2D eigenvalue weighted by molar-refractivity contribution is -0.173. The van der Waals surface area contributed by atoms with Crippen LogP contribution in [0.15, 0.2) is 22.7 Å². The molecule has 0 fully saturated rings. The summed E-state index contributed by atoms with van der Waals surface area (Å²) >= 11 is 3.15. The normalized spacial score (nSPS) is 13.6. The fourth-order valence-electron chi connectivity index (χ4n) is 1.50. The van der Waals surface area contributed by atoms with Crippen LogP contribution >= 0.6 is 15.9 Å². The summed E-state index contributed by atoms with van der Waals surface area (Å²) in [5.41, 5.74) is 0.457. The maximum Gasteiger partial charge on any atom is 0.411 e. The van der Waals surface area contributed by atoms with E-state index in [0.29, 0.717) is 10.0 Å². The zero-order valence-electron chi connectivity index (χ0n) is 10.2. The van der Waals surface area contributed by atoms with Gasteiger partial charge in [-0.1, -0.05) is 22.0 Å². The fourth-order valence-corrected chi connectivity index (χ4v) is 1.83. The molecule has 0 spiro atoms. The highest BCUT2D eigenvalue weighted by Crippen LogP contribution is 2.20. The summed E-state index contributed by atoms with van der Waals surface area (Å²) in [5.74, 6) is -0.370. The SMILES string of the molecule is CC(NCCOCC(F)(F)F)c1ccc(Br)cc1F. The number of rotatable bonds is 6. The lowest BCUT2D eigenvalue weighted by atomic mass is 10.1. The van der Waals surface area contributed by atoms with Gasteiger partial charge >= 0.3 is 6.18 Å². The van der Waals surface area contributed by atoms with Crippen molar-refractivity contribution in [1.29, 1.82) is 0 Å². The Kier molecular flexibility index (Phi) is 6.22. The molecule has 1 rings (SSSR count). The van der Waals surface area contributed by atoms with Crippen LogP contribution in [0.4, 0.5) is 17.6 Å². The minimum absolute atomic E-state index is 0.0814. The second-order valence-electron chi connectivity index (χ2n) is 4.01. The Morgan fingerprint density at radius 1 is 1.37 bits per heavy atom. The molecule has 0 saturated carbocycles. The highest BCUT2D eigenvalue weighted by atomic mass is 79.9. The lowest BCUT2D eigenvalue weighted by Crippen LogP contribution is -2.26. The third kappa shape index (κ3) is 6.35. The van der Waals surface area contributed by atoms with Gasteiger partial charge in [-0.25, -0.2) is 4.39 Å². The molecule has 0 aromatic heterocycles. The third-order valence-electron chi connectivity index (χ3n) is 2.39. The fraction of sp³-hybridized carbons (Fsp3) is 0.500. The topological polar surface area (TPSA) is 21.3 Å². The van der Waals surface area contributed by atoms with Crippen molar-refractivity contribution in [3.05, 3.63) is 34.1 Å². The Morgan fingerprint density at radius 3 is 2.63 bits per heavy atom. The zero-order valence-corrected chi connectivity index (χ0v) is 11.8. The number of halogens is 5. The first-order valence-electron chi connectivity index (χ1n) is 5.62. The van der Waals surface area contributed by atoms with Crippen LogP contribution in [0.5, 0.6) is 0 Å². The average Bonchev–Trinajstić information content (AvgIpc) is 2.26. The molecule has 19 heavy (non-hydrogen) atoms. The number of hydrogen-bond donors (Lipinski definition) is 1. The van der Waals surface area contributed by atoms with E-state index in [9.17, 15) is 17.6 Å². The molecular formula is C12H14BrF4NO. The largest absolute Gasteiger partial charge is 0.411 e. The van der Waals surface area contributed by atoms with Gasteiger partial charge in [-0.3, -0.25) is 0 Å². The van der Waals surface area contributed by atoms with Crippen molar-refractivity contribution in [1.82, 2.24) is 5.32 Å². The molecule has 7 heteroatoms. The molecule has 1 N–H and O–H groups in total. The number of benzene rings is 1. The summed E-state index contributed by atoms with van der Waals surface area (Å²) in [6.45, 7) is 0.598. The van der Waals surface area contributed by atoms with Crippen molar-refractivity contribution < 1.29 is 22.3 Å². The molecule has 0 radical (unpaired) electrons. The third-order valence-corrected chi connectivity index (χ3v) is 2.88. The van der Waals surface area contributed by atoms with Crippen LogP contribution in [0.3, 0.4) is 0 Å². The van der Waals surface area contributed by atoms with Gasteiger partial charge in [-0.2, -0.15) is 13.2 Å². The molecule has 0 amide bonds. The van der Waals surface area contributed by atoms with Crippen molar-refractivity contribution in [2.24, 2.45) is 0 Å². The molecule has 0 aliphatic rings. The van der Waals surface area contributed by atoms with Gasteiger partial charge in [0, 0.05) is 22.6 Å². The smallest absolute Gasteiger partial charge is 0.371 e. The van der Waals surface area contributed by atoms with E-state index < -0.39 is 12.8 Å². The Morgan fingerprint density at radius 2 is 2.05 bits per heavy atom. The molecule has 0 bridgehead atoms. The Bertz CT molecular complexity index is 411. The van der Waals surface area contributed by atoms with Gasteiger partial charge < -0.3 is 10.1 Å². The van der Waals surface area contributed by atoms with E-state index in [1.165, 1.54) is 6.07 Å². The van der Waals surface area contributed by atoms with E-state index in [4.69, 9.17) is 0 Å². The first-order chi connectivity index (χ1) is 8.79. The summed E-state index contributed by atoms with van der Waals surface area (Å²) in [7, 11) is 0. The monoisotopic (exact) mass is 343 g/mol. The summed E-state index contributed by atoms with van der Waals surface area (Å²) in [5, 5.41) is 2.90. The van der Waals surface area contributed by atoms with Gasteiger partial charge in [0.1, 0.15) is 12.4 Å². The Hall–Kier alpha value is -0.660. The second-order valence-corrected chi connectivity index (χ2v) is 4.93. The standard InChI is InChI=1S/C12H14BrF4NO/c1-8(10-3-2-9(13)6-11(10)14)18-4-5-19-7-12(15,16)17/h2-3,6,8,18H,4-5,7H2,1H3. The number of nitrogens with one attached hydrogen (secondary N) is 1. The minimum atomic E-state index is -4.32. The van der Waals surface area contributed by atoms with Crippen LogP contribution in [-0.2, 0) is 4.74 Å². The molecule has 0 saturated heterocycles. The molecule has 0 aliphatic heterocycles. The van der Waals surface area contributed by atoms with E-state index in [2.05, 4.69) is 26.0 Å². The van der Waals surface area contributed by atoms with E-state index in [1.54, 1.807) is 19.1 Å². The Labute approximate surface area is 117 Å². The van der Waals surface area contributed by atoms with Crippen molar-refractivity contribution in [3.8, 4) is 0 Å². The maximum absolute atomic E-state index is 13.6. The van der Waals surface area contributed by atoms with Gasteiger partial charge in [0.05, 0.1) is 6.61 Å². The van der Waals surface area contributed by atoms with Gasteiger partial charge in [-0.05, 0) is 19.1 Å². The molecule has 0 heterocycles. The van der Waals surface area contributed by atoms with Crippen LogP contribution < -0.4 is 5.32 Å². The summed E-state index contributed by atoms with van der Waals surface area (Å²) in [6.07, 6.45) is -4.32. The number of hydrogen-bond acceptors (Lipinski definition) is 2.